The number of carbonyl (C=O) groups excluding carboxylic acids is 1. The van der Waals surface area contributed by atoms with Gasteiger partial charge in [0.15, 0.2) is 5.75 Å². The topological polar surface area (TPSA) is 64.3 Å². The number of hydrogen-bond acceptors (Lipinski definition) is 3. The molecule has 0 heterocycles. The number of nitrogens with one attached hydrogen (secondary N) is 1. The number of nitrogens with two attached hydrogens (primary N) is 1. The molecule has 0 aliphatic carbocycles. The third-order valence-corrected chi connectivity index (χ3v) is 2.27. The lowest BCUT2D eigenvalue weighted by Crippen LogP contribution is -2.32. The Bertz CT molecular complexity index is 368. The monoisotopic (exact) mass is 228 g/mol. The van der Waals surface area contributed by atoms with Crippen LogP contribution in [0.4, 0.5) is 5.69 Å². The molecule has 1 rings (SSSR count). The summed E-state index contributed by atoms with van der Waals surface area (Å²) in [6.07, 6.45) is 0. The van der Waals surface area contributed by atoms with Crippen LogP contribution in [0.25, 0.3) is 0 Å². The highest BCUT2D eigenvalue weighted by atomic mass is 35.5. The lowest BCUT2D eigenvalue weighted by molar-refractivity contribution is -0.118. The average Bonchev–Trinajstić information content (AvgIpc) is 2.18. The molecule has 1 unspecified atom stereocenters. The highest BCUT2D eigenvalue weighted by Gasteiger charge is 2.12. The van der Waals surface area contributed by atoms with Crippen LogP contribution in [0.1, 0.15) is 6.92 Å². The molecule has 1 aromatic rings. The van der Waals surface area contributed by atoms with Crippen molar-refractivity contribution in [1.82, 2.24) is 0 Å². The zero-order valence-electron chi connectivity index (χ0n) is 8.58. The molecule has 0 saturated heterocycles. The quantitative estimate of drug-likeness (QED) is 0.824. The Hall–Kier alpha value is -1.42. The minimum Gasteiger partial charge on any atom is -0.493 e. The number of anilines is 1. The lowest BCUT2D eigenvalue weighted by Gasteiger charge is -2.15. The van der Waals surface area contributed by atoms with E-state index in [1.807, 2.05) is 0 Å². The zero-order valence-corrected chi connectivity index (χ0v) is 9.34. The van der Waals surface area contributed by atoms with Crippen molar-refractivity contribution < 1.29 is 9.53 Å². The minimum absolute atomic E-state index is 0.433. The molecule has 0 bridgehead atoms. The molecular formula is C10H13ClN2O2. The van der Waals surface area contributed by atoms with E-state index >= 15 is 0 Å². The largest absolute Gasteiger partial charge is 0.493 e. The number of amides is 1. The molecule has 15 heavy (non-hydrogen) atoms. The smallest absolute Gasteiger partial charge is 0.239 e. The third kappa shape index (κ3) is 2.76. The number of para-hydroxylation sites is 1. The Kier molecular flexibility index (Phi) is 3.80. The summed E-state index contributed by atoms with van der Waals surface area (Å²) in [6.45, 7) is 1.67. The van der Waals surface area contributed by atoms with Gasteiger partial charge in [-0.1, -0.05) is 17.7 Å². The minimum atomic E-state index is -0.475. The van der Waals surface area contributed by atoms with E-state index in [0.29, 0.717) is 16.5 Å². The van der Waals surface area contributed by atoms with Gasteiger partial charge < -0.3 is 15.8 Å². The highest BCUT2D eigenvalue weighted by Crippen LogP contribution is 2.32. The standard InChI is InChI=1S/C10H13ClN2O2/c1-6(10(12)14)13-8-5-3-4-7(11)9(8)15-2/h3-6,13H,1-2H3,(H2,12,14). The molecule has 1 atom stereocenters. The molecule has 0 aliphatic heterocycles. The molecular weight excluding hydrogens is 216 g/mol. The first-order chi connectivity index (χ1) is 7.06. The van der Waals surface area contributed by atoms with E-state index < -0.39 is 11.9 Å². The van der Waals surface area contributed by atoms with Gasteiger partial charge in [0.1, 0.15) is 6.04 Å². The summed E-state index contributed by atoms with van der Waals surface area (Å²) in [6, 6.07) is 4.77. The van der Waals surface area contributed by atoms with Crippen LogP contribution in [0.5, 0.6) is 5.75 Å². The van der Waals surface area contributed by atoms with Crippen molar-refractivity contribution in [2.24, 2.45) is 5.73 Å². The molecule has 0 spiro atoms. The van der Waals surface area contributed by atoms with Crippen molar-refractivity contribution >= 4 is 23.2 Å². The fraction of sp³-hybridized carbons (Fsp3) is 0.300. The summed E-state index contributed by atoms with van der Waals surface area (Å²) < 4.78 is 5.11. The molecule has 0 aromatic heterocycles. The van der Waals surface area contributed by atoms with Crippen LogP contribution in [-0.4, -0.2) is 19.1 Å². The van der Waals surface area contributed by atoms with Gasteiger partial charge in [0.25, 0.3) is 0 Å². The van der Waals surface area contributed by atoms with Gasteiger partial charge in [-0.2, -0.15) is 0 Å². The Morgan fingerprint density at radius 1 is 1.60 bits per heavy atom. The maximum atomic E-state index is 10.9. The molecule has 0 radical (unpaired) electrons. The van der Waals surface area contributed by atoms with Gasteiger partial charge >= 0.3 is 0 Å². The van der Waals surface area contributed by atoms with Gasteiger partial charge in [0.05, 0.1) is 17.8 Å². The first kappa shape index (κ1) is 11.7. The van der Waals surface area contributed by atoms with Crippen LogP contribution in [0, 0.1) is 0 Å². The summed E-state index contributed by atoms with van der Waals surface area (Å²) in [5.41, 5.74) is 5.79. The molecule has 1 amide bonds. The maximum absolute atomic E-state index is 10.9. The number of halogens is 1. The predicted octanol–water partition coefficient (Wildman–Crippen LogP) is 1.63. The van der Waals surface area contributed by atoms with Gasteiger partial charge in [-0.25, -0.2) is 0 Å². The van der Waals surface area contributed by atoms with Crippen molar-refractivity contribution in [2.45, 2.75) is 13.0 Å². The normalized spacial score (nSPS) is 11.9. The number of benzene rings is 1. The SMILES string of the molecule is COc1c(Cl)cccc1NC(C)C(N)=O. The van der Waals surface area contributed by atoms with Crippen LogP contribution in [0.3, 0.4) is 0 Å². The van der Waals surface area contributed by atoms with Gasteiger partial charge in [-0.05, 0) is 19.1 Å². The number of methoxy groups -OCH3 is 1. The van der Waals surface area contributed by atoms with Crippen molar-refractivity contribution in [3.63, 3.8) is 0 Å². The number of primary amides is 1. The van der Waals surface area contributed by atoms with Gasteiger partial charge in [-0.3, -0.25) is 4.79 Å². The molecule has 5 heteroatoms. The van der Waals surface area contributed by atoms with Gasteiger partial charge in [-0.15, -0.1) is 0 Å². The average molecular weight is 229 g/mol. The summed E-state index contributed by atoms with van der Waals surface area (Å²) in [4.78, 5) is 10.9. The van der Waals surface area contributed by atoms with Crippen LogP contribution >= 0.6 is 11.6 Å². The second-order valence-electron chi connectivity index (χ2n) is 3.09. The number of rotatable bonds is 4. The molecule has 82 valence electrons. The van der Waals surface area contributed by atoms with Gasteiger partial charge in [0, 0.05) is 0 Å². The van der Waals surface area contributed by atoms with E-state index in [4.69, 9.17) is 22.1 Å². The molecule has 4 nitrogen and oxygen atoms in total. The maximum Gasteiger partial charge on any atom is 0.239 e. The Morgan fingerprint density at radius 3 is 2.80 bits per heavy atom. The predicted molar refractivity (Wildman–Crippen MR) is 60.3 cm³/mol. The first-order valence-electron chi connectivity index (χ1n) is 4.44. The van der Waals surface area contributed by atoms with Crippen LogP contribution in [0.2, 0.25) is 5.02 Å². The van der Waals surface area contributed by atoms with Crippen molar-refractivity contribution in [1.29, 1.82) is 0 Å². The summed E-state index contributed by atoms with van der Waals surface area (Å²) in [7, 11) is 1.52. The number of hydrogen-bond donors (Lipinski definition) is 2. The van der Waals surface area contributed by atoms with Crippen molar-refractivity contribution in [3.05, 3.63) is 23.2 Å². The first-order valence-corrected chi connectivity index (χ1v) is 4.82. The third-order valence-electron chi connectivity index (χ3n) is 1.97. The van der Waals surface area contributed by atoms with E-state index in [0.717, 1.165) is 0 Å². The van der Waals surface area contributed by atoms with Crippen molar-refractivity contribution in [2.75, 3.05) is 12.4 Å². The molecule has 0 saturated carbocycles. The van der Waals surface area contributed by atoms with E-state index in [2.05, 4.69) is 5.32 Å². The van der Waals surface area contributed by atoms with E-state index in [1.54, 1.807) is 25.1 Å². The molecule has 0 fully saturated rings. The summed E-state index contributed by atoms with van der Waals surface area (Å²) >= 11 is 5.91. The Balaban J connectivity index is 2.94. The number of ether oxygens (including phenoxy) is 1. The number of carbonyl (C=O) groups is 1. The highest BCUT2D eigenvalue weighted by molar-refractivity contribution is 6.32. The summed E-state index contributed by atoms with van der Waals surface area (Å²) in [5, 5.41) is 3.40. The lowest BCUT2D eigenvalue weighted by atomic mass is 10.2. The fourth-order valence-electron chi connectivity index (χ4n) is 1.13. The molecule has 1 aromatic carbocycles. The van der Waals surface area contributed by atoms with Gasteiger partial charge in [0.2, 0.25) is 5.91 Å². The van der Waals surface area contributed by atoms with E-state index in [9.17, 15) is 4.79 Å². The second-order valence-corrected chi connectivity index (χ2v) is 3.50. The van der Waals surface area contributed by atoms with Crippen LogP contribution < -0.4 is 15.8 Å². The second kappa shape index (κ2) is 4.89. The Morgan fingerprint density at radius 2 is 2.27 bits per heavy atom. The summed E-state index contributed by atoms with van der Waals surface area (Å²) in [5.74, 6) is 0.0734. The zero-order chi connectivity index (χ0) is 11.4. The van der Waals surface area contributed by atoms with E-state index in [-0.39, 0.29) is 0 Å². The molecule has 3 N–H and O–H groups in total. The Labute approximate surface area is 93.4 Å². The molecule has 0 aliphatic rings. The van der Waals surface area contributed by atoms with Crippen LogP contribution in [0.15, 0.2) is 18.2 Å². The van der Waals surface area contributed by atoms with Crippen molar-refractivity contribution in [3.8, 4) is 5.75 Å². The van der Waals surface area contributed by atoms with Crippen LogP contribution in [-0.2, 0) is 4.79 Å². The van der Waals surface area contributed by atoms with E-state index in [1.165, 1.54) is 7.11 Å². The fourth-order valence-corrected chi connectivity index (χ4v) is 1.39.